The number of halogens is 2. The lowest BCUT2D eigenvalue weighted by Crippen LogP contribution is -1.83. The third-order valence-electron chi connectivity index (χ3n) is 2.86. The number of aromatic nitrogens is 2. The second-order valence-electron chi connectivity index (χ2n) is 4.41. The van der Waals surface area contributed by atoms with Crippen LogP contribution in [-0.2, 0) is 0 Å². The lowest BCUT2D eigenvalue weighted by molar-refractivity contribution is 1.31. The zero-order valence-electron chi connectivity index (χ0n) is 10.6. The van der Waals surface area contributed by atoms with Crippen molar-refractivity contribution in [2.75, 3.05) is 0 Å². The van der Waals surface area contributed by atoms with Crippen LogP contribution in [0.25, 0.3) is 21.8 Å². The topological polar surface area (TPSA) is 25.8 Å². The molecule has 0 aliphatic carbocycles. The fraction of sp³-hybridized carbons (Fsp3) is 0.0667. The van der Waals surface area contributed by atoms with Gasteiger partial charge >= 0.3 is 0 Å². The van der Waals surface area contributed by atoms with E-state index in [1.807, 2.05) is 5.38 Å². The Hall–Kier alpha value is -1.42. The highest BCUT2D eigenvalue weighted by atomic mass is 35.5. The van der Waals surface area contributed by atoms with Crippen LogP contribution in [0, 0.1) is 6.92 Å². The Labute approximate surface area is 131 Å². The molecule has 1 aromatic carbocycles. The lowest BCUT2D eigenvalue weighted by atomic mass is 10.1. The smallest absolute Gasteiger partial charge is 0.131 e. The summed E-state index contributed by atoms with van der Waals surface area (Å²) in [5.74, 6) is 0. The van der Waals surface area contributed by atoms with Gasteiger partial charge in [-0.15, -0.1) is 11.3 Å². The minimum Gasteiger partial charge on any atom is -0.236 e. The molecule has 2 aromatic heterocycles. The first kappa shape index (κ1) is 13.6. The van der Waals surface area contributed by atoms with Crippen LogP contribution in [0.15, 0.2) is 41.8 Å². The van der Waals surface area contributed by atoms with Gasteiger partial charge in [0, 0.05) is 16.5 Å². The molecule has 2 nitrogen and oxygen atoms in total. The standard InChI is InChI=1S/C15H10Cl2N2S/c1-9-2-4-10(5-3-9)12-8-20-15(18-12)11-6-13(16)19-14(17)7-11/h2-8H,1H3. The molecule has 20 heavy (non-hydrogen) atoms. The summed E-state index contributed by atoms with van der Waals surface area (Å²) in [6, 6.07) is 11.8. The summed E-state index contributed by atoms with van der Waals surface area (Å²) in [5.41, 5.74) is 4.17. The van der Waals surface area contributed by atoms with Gasteiger partial charge in [-0.05, 0) is 19.1 Å². The zero-order valence-corrected chi connectivity index (χ0v) is 12.9. The van der Waals surface area contributed by atoms with Crippen molar-refractivity contribution in [2.45, 2.75) is 6.92 Å². The maximum atomic E-state index is 5.92. The molecule has 0 saturated heterocycles. The SMILES string of the molecule is Cc1ccc(-c2csc(-c3cc(Cl)nc(Cl)c3)n2)cc1. The Morgan fingerprint density at radius 3 is 2.20 bits per heavy atom. The number of benzene rings is 1. The summed E-state index contributed by atoms with van der Waals surface area (Å²) in [5, 5.41) is 3.66. The van der Waals surface area contributed by atoms with Crippen LogP contribution >= 0.6 is 34.5 Å². The van der Waals surface area contributed by atoms with Crippen molar-refractivity contribution in [2.24, 2.45) is 0 Å². The Morgan fingerprint density at radius 2 is 1.55 bits per heavy atom. The van der Waals surface area contributed by atoms with E-state index in [2.05, 4.69) is 41.2 Å². The highest BCUT2D eigenvalue weighted by Crippen LogP contribution is 2.31. The Kier molecular flexibility index (Phi) is 3.74. The van der Waals surface area contributed by atoms with Crippen LogP contribution in [0.5, 0.6) is 0 Å². The minimum atomic E-state index is 0.375. The van der Waals surface area contributed by atoms with Gasteiger partial charge in [0.05, 0.1) is 5.69 Å². The van der Waals surface area contributed by atoms with Gasteiger partial charge in [0.2, 0.25) is 0 Å². The zero-order chi connectivity index (χ0) is 14.1. The first-order valence-corrected chi connectivity index (χ1v) is 7.61. The molecule has 0 bridgehead atoms. The molecule has 0 fully saturated rings. The fourth-order valence-corrected chi connectivity index (χ4v) is 3.13. The minimum absolute atomic E-state index is 0.375. The molecule has 0 aliphatic heterocycles. The van der Waals surface area contributed by atoms with Crippen molar-refractivity contribution >= 4 is 34.5 Å². The van der Waals surface area contributed by atoms with Crippen LogP contribution < -0.4 is 0 Å². The largest absolute Gasteiger partial charge is 0.236 e. The van der Waals surface area contributed by atoms with E-state index in [1.54, 1.807) is 23.5 Å². The molecule has 2 heterocycles. The highest BCUT2D eigenvalue weighted by Gasteiger charge is 2.08. The van der Waals surface area contributed by atoms with Crippen LogP contribution in [0.3, 0.4) is 0 Å². The number of aryl methyl sites for hydroxylation is 1. The molecule has 0 amide bonds. The second kappa shape index (κ2) is 5.52. The summed E-state index contributed by atoms with van der Waals surface area (Å²) in [6.07, 6.45) is 0. The van der Waals surface area contributed by atoms with Crippen LogP contribution in [0.2, 0.25) is 10.3 Å². The fourth-order valence-electron chi connectivity index (χ4n) is 1.85. The number of nitrogens with zero attached hydrogens (tertiary/aromatic N) is 2. The van der Waals surface area contributed by atoms with E-state index in [9.17, 15) is 0 Å². The summed E-state index contributed by atoms with van der Waals surface area (Å²) >= 11 is 13.4. The number of thiazole rings is 1. The lowest BCUT2D eigenvalue weighted by Gasteiger charge is -1.99. The van der Waals surface area contributed by atoms with Gasteiger partial charge in [-0.1, -0.05) is 53.0 Å². The van der Waals surface area contributed by atoms with Crippen LogP contribution in [0.1, 0.15) is 5.56 Å². The van der Waals surface area contributed by atoms with E-state index in [1.165, 1.54) is 5.56 Å². The molecule has 0 spiro atoms. The average Bonchev–Trinajstić information content (AvgIpc) is 2.88. The summed E-state index contributed by atoms with van der Waals surface area (Å²) in [7, 11) is 0. The Balaban J connectivity index is 1.99. The number of hydrogen-bond acceptors (Lipinski definition) is 3. The predicted molar refractivity (Wildman–Crippen MR) is 85.5 cm³/mol. The molecule has 0 unspecified atom stereocenters. The van der Waals surface area contributed by atoms with Gasteiger partial charge in [-0.2, -0.15) is 0 Å². The van der Waals surface area contributed by atoms with E-state index < -0.39 is 0 Å². The highest BCUT2D eigenvalue weighted by molar-refractivity contribution is 7.13. The second-order valence-corrected chi connectivity index (χ2v) is 6.04. The van der Waals surface area contributed by atoms with Crippen molar-refractivity contribution in [1.82, 2.24) is 9.97 Å². The molecule has 3 aromatic rings. The molecular formula is C15H10Cl2N2S. The van der Waals surface area contributed by atoms with Crippen molar-refractivity contribution in [3.8, 4) is 21.8 Å². The van der Waals surface area contributed by atoms with Gasteiger partial charge < -0.3 is 0 Å². The molecule has 0 atom stereocenters. The van der Waals surface area contributed by atoms with E-state index in [0.29, 0.717) is 10.3 Å². The summed E-state index contributed by atoms with van der Waals surface area (Å²) in [4.78, 5) is 8.58. The molecule has 0 saturated carbocycles. The number of rotatable bonds is 2. The first-order valence-electron chi connectivity index (χ1n) is 5.98. The van der Waals surface area contributed by atoms with Crippen LogP contribution in [0.4, 0.5) is 0 Å². The van der Waals surface area contributed by atoms with Crippen LogP contribution in [-0.4, -0.2) is 9.97 Å². The molecule has 5 heteroatoms. The first-order chi connectivity index (χ1) is 9.61. The van der Waals surface area contributed by atoms with Crippen molar-refractivity contribution < 1.29 is 0 Å². The predicted octanol–water partition coefficient (Wildman–Crippen LogP) is 5.49. The average molecular weight is 321 g/mol. The van der Waals surface area contributed by atoms with Gasteiger partial charge in [-0.3, -0.25) is 0 Å². The van der Waals surface area contributed by atoms with E-state index in [-0.39, 0.29) is 0 Å². The third kappa shape index (κ3) is 2.85. The van der Waals surface area contributed by atoms with Gasteiger partial charge in [0.1, 0.15) is 15.3 Å². The third-order valence-corrected chi connectivity index (χ3v) is 4.14. The molecule has 0 N–H and O–H groups in total. The monoisotopic (exact) mass is 320 g/mol. The van der Waals surface area contributed by atoms with Gasteiger partial charge in [0.25, 0.3) is 0 Å². The number of pyridine rings is 1. The summed E-state index contributed by atoms with van der Waals surface area (Å²) < 4.78 is 0. The molecular weight excluding hydrogens is 311 g/mol. The van der Waals surface area contributed by atoms with E-state index in [0.717, 1.165) is 21.8 Å². The quantitative estimate of drug-likeness (QED) is 0.583. The Bertz CT molecular complexity index is 731. The molecule has 100 valence electrons. The molecule has 3 rings (SSSR count). The maximum Gasteiger partial charge on any atom is 0.131 e. The van der Waals surface area contributed by atoms with Crippen molar-refractivity contribution in [3.05, 3.63) is 57.6 Å². The van der Waals surface area contributed by atoms with Gasteiger partial charge in [0.15, 0.2) is 0 Å². The van der Waals surface area contributed by atoms with Crippen molar-refractivity contribution in [3.63, 3.8) is 0 Å². The van der Waals surface area contributed by atoms with E-state index in [4.69, 9.17) is 23.2 Å². The normalized spacial score (nSPS) is 10.8. The maximum absolute atomic E-state index is 5.92. The van der Waals surface area contributed by atoms with Crippen molar-refractivity contribution in [1.29, 1.82) is 0 Å². The molecule has 0 radical (unpaired) electrons. The van der Waals surface area contributed by atoms with E-state index >= 15 is 0 Å². The number of hydrogen-bond donors (Lipinski definition) is 0. The molecule has 0 aliphatic rings. The summed E-state index contributed by atoms with van der Waals surface area (Å²) in [6.45, 7) is 2.07. The Morgan fingerprint density at radius 1 is 0.900 bits per heavy atom. The van der Waals surface area contributed by atoms with Gasteiger partial charge in [-0.25, -0.2) is 9.97 Å².